The van der Waals surface area contributed by atoms with Gasteiger partial charge in [0, 0.05) is 13.7 Å². The molecule has 21 heavy (non-hydrogen) atoms. The molecule has 0 radical (unpaired) electrons. The van der Waals surface area contributed by atoms with E-state index >= 15 is 0 Å². The Labute approximate surface area is 128 Å². The number of ether oxygens (including phenoxy) is 2. The van der Waals surface area contributed by atoms with Gasteiger partial charge < -0.3 is 20.1 Å². The molecule has 1 rings (SSSR count). The van der Waals surface area contributed by atoms with Crippen molar-refractivity contribution in [1.82, 2.24) is 10.6 Å². The molecule has 1 aliphatic rings. The number of rotatable bonds is 7. The molecule has 0 saturated carbocycles. The molecular weight excluding hydrogens is 313 g/mol. The van der Waals surface area contributed by atoms with Gasteiger partial charge in [-0.05, 0) is 25.9 Å². The molecule has 0 unspecified atom stereocenters. The van der Waals surface area contributed by atoms with E-state index in [2.05, 4.69) is 15.4 Å². The van der Waals surface area contributed by atoms with E-state index < -0.39 is 18.2 Å². The Morgan fingerprint density at radius 1 is 1.33 bits per heavy atom. The topological polar surface area (TPSA) is 59.6 Å². The maximum absolute atomic E-state index is 12.2. The van der Waals surface area contributed by atoms with E-state index in [0.717, 1.165) is 13.1 Å². The molecule has 0 aromatic heterocycles. The number of methoxy groups -OCH3 is 1. The highest BCUT2D eigenvalue weighted by molar-refractivity contribution is 5.85. The molecule has 0 spiro atoms. The molecule has 1 amide bonds. The monoisotopic (exact) mass is 334 g/mol. The van der Waals surface area contributed by atoms with Gasteiger partial charge in [0.25, 0.3) is 0 Å². The highest BCUT2D eigenvalue weighted by Crippen LogP contribution is 2.29. The van der Waals surface area contributed by atoms with Crippen LogP contribution in [0.1, 0.15) is 12.8 Å². The molecular formula is C12H22ClF3N2O3. The van der Waals surface area contributed by atoms with E-state index in [0.29, 0.717) is 19.4 Å². The third-order valence-electron chi connectivity index (χ3n) is 3.26. The van der Waals surface area contributed by atoms with Gasteiger partial charge in [0.2, 0.25) is 5.91 Å². The largest absolute Gasteiger partial charge is 0.411 e. The third kappa shape index (κ3) is 7.30. The van der Waals surface area contributed by atoms with Crippen LogP contribution in [0.4, 0.5) is 13.2 Å². The van der Waals surface area contributed by atoms with E-state index in [9.17, 15) is 18.0 Å². The van der Waals surface area contributed by atoms with Crippen LogP contribution in [0, 0.1) is 5.41 Å². The van der Waals surface area contributed by atoms with Crippen LogP contribution >= 0.6 is 12.4 Å². The summed E-state index contributed by atoms with van der Waals surface area (Å²) >= 11 is 0. The molecule has 0 bridgehead atoms. The van der Waals surface area contributed by atoms with E-state index in [1.54, 1.807) is 0 Å². The standard InChI is InChI=1S/C12H21F3N2O3.ClH/c1-19-8-11(2-4-16-5-3-11)10(18)17-6-7-20-9-12(13,14)15;/h16H,2-9H2,1H3,(H,17,18);1H. The van der Waals surface area contributed by atoms with E-state index in [4.69, 9.17) is 4.74 Å². The normalized spacial score (nSPS) is 17.9. The first-order valence-electron chi connectivity index (χ1n) is 6.52. The van der Waals surface area contributed by atoms with Crippen LogP contribution in [0.5, 0.6) is 0 Å². The first-order chi connectivity index (χ1) is 9.40. The lowest BCUT2D eigenvalue weighted by Crippen LogP contribution is -2.50. The lowest BCUT2D eigenvalue weighted by molar-refractivity contribution is -0.173. The van der Waals surface area contributed by atoms with Gasteiger partial charge in [-0.3, -0.25) is 4.79 Å². The summed E-state index contributed by atoms with van der Waals surface area (Å²) in [5, 5.41) is 5.79. The first-order valence-corrected chi connectivity index (χ1v) is 6.52. The minimum atomic E-state index is -4.34. The van der Waals surface area contributed by atoms with Crippen LogP contribution in [0.3, 0.4) is 0 Å². The number of halogens is 4. The van der Waals surface area contributed by atoms with Crippen molar-refractivity contribution in [3.63, 3.8) is 0 Å². The molecule has 1 fully saturated rings. The molecule has 0 aromatic carbocycles. The predicted molar refractivity (Wildman–Crippen MR) is 73.5 cm³/mol. The van der Waals surface area contributed by atoms with Crippen molar-refractivity contribution in [2.45, 2.75) is 19.0 Å². The molecule has 126 valence electrons. The molecule has 5 nitrogen and oxygen atoms in total. The lowest BCUT2D eigenvalue weighted by atomic mass is 9.78. The number of hydrogen-bond acceptors (Lipinski definition) is 4. The second-order valence-corrected chi connectivity index (χ2v) is 4.89. The summed E-state index contributed by atoms with van der Waals surface area (Å²) in [4.78, 5) is 12.2. The second kappa shape index (κ2) is 9.45. The van der Waals surface area contributed by atoms with Gasteiger partial charge in [-0.15, -0.1) is 12.4 Å². The Balaban J connectivity index is 0.00000400. The predicted octanol–water partition coefficient (Wildman–Crippen LogP) is 1.12. The number of piperidine rings is 1. The van der Waals surface area contributed by atoms with Crippen LogP contribution < -0.4 is 10.6 Å². The Hall–Kier alpha value is -0.570. The molecule has 0 aliphatic carbocycles. The van der Waals surface area contributed by atoms with Crippen molar-refractivity contribution in [2.75, 3.05) is 46.6 Å². The maximum Gasteiger partial charge on any atom is 0.411 e. The number of carbonyl (C=O) groups excluding carboxylic acids is 1. The van der Waals surface area contributed by atoms with Gasteiger partial charge in [0.05, 0.1) is 18.6 Å². The molecule has 1 saturated heterocycles. The van der Waals surface area contributed by atoms with Crippen LogP contribution in [0.25, 0.3) is 0 Å². The Morgan fingerprint density at radius 3 is 2.48 bits per heavy atom. The zero-order chi connectivity index (χ0) is 15.1. The maximum atomic E-state index is 12.2. The SMILES string of the molecule is COCC1(C(=O)NCCOCC(F)(F)F)CCNCC1.Cl. The molecule has 9 heteroatoms. The summed E-state index contributed by atoms with van der Waals surface area (Å²) in [6, 6.07) is 0. The van der Waals surface area contributed by atoms with Crippen molar-refractivity contribution in [2.24, 2.45) is 5.41 Å². The molecule has 1 aliphatic heterocycles. The fraction of sp³-hybridized carbons (Fsp3) is 0.917. The van der Waals surface area contributed by atoms with Crippen molar-refractivity contribution in [3.8, 4) is 0 Å². The fourth-order valence-corrected chi connectivity index (χ4v) is 2.23. The second-order valence-electron chi connectivity index (χ2n) is 4.89. The fourth-order valence-electron chi connectivity index (χ4n) is 2.23. The summed E-state index contributed by atoms with van der Waals surface area (Å²) in [5.74, 6) is -0.184. The summed E-state index contributed by atoms with van der Waals surface area (Å²) < 4.78 is 45.1. The van der Waals surface area contributed by atoms with Crippen molar-refractivity contribution in [3.05, 3.63) is 0 Å². The average Bonchev–Trinajstić information content (AvgIpc) is 2.38. The molecule has 0 aromatic rings. The van der Waals surface area contributed by atoms with Gasteiger partial charge in [-0.25, -0.2) is 0 Å². The van der Waals surface area contributed by atoms with Crippen molar-refractivity contribution in [1.29, 1.82) is 0 Å². The van der Waals surface area contributed by atoms with Gasteiger partial charge >= 0.3 is 6.18 Å². The van der Waals surface area contributed by atoms with Crippen LogP contribution in [0.2, 0.25) is 0 Å². The van der Waals surface area contributed by atoms with Crippen LogP contribution in [0.15, 0.2) is 0 Å². The lowest BCUT2D eigenvalue weighted by Gasteiger charge is -2.35. The summed E-state index contributed by atoms with van der Waals surface area (Å²) in [6.45, 7) is 0.364. The van der Waals surface area contributed by atoms with E-state index in [1.165, 1.54) is 7.11 Å². The van der Waals surface area contributed by atoms with Crippen molar-refractivity contribution < 1.29 is 27.4 Å². The Morgan fingerprint density at radius 2 is 1.95 bits per heavy atom. The number of hydrogen-bond donors (Lipinski definition) is 2. The highest BCUT2D eigenvalue weighted by Gasteiger charge is 2.39. The van der Waals surface area contributed by atoms with Gasteiger partial charge in [0.1, 0.15) is 6.61 Å². The van der Waals surface area contributed by atoms with Crippen LogP contribution in [-0.2, 0) is 14.3 Å². The Bertz CT molecular complexity index is 305. The van der Waals surface area contributed by atoms with E-state index in [1.807, 2.05) is 0 Å². The highest BCUT2D eigenvalue weighted by atomic mass is 35.5. The number of nitrogens with one attached hydrogen (secondary N) is 2. The summed E-state index contributed by atoms with van der Waals surface area (Å²) in [6.07, 6.45) is -3.04. The summed E-state index contributed by atoms with van der Waals surface area (Å²) in [7, 11) is 1.53. The third-order valence-corrected chi connectivity index (χ3v) is 3.26. The zero-order valence-corrected chi connectivity index (χ0v) is 12.7. The first kappa shape index (κ1) is 20.4. The number of amides is 1. The van der Waals surface area contributed by atoms with Gasteiger partial charge in [-0.2, -0.15) is 13.2 Å². The minimum Gasteiger partial charge on any atom is -0.384 e. The number of carbonyl (C=O) groups is 1. The molecule has 0 atom stereocenters. The van der Waals surface area contributed by atoms with Gasteiger partial charge in [-0.1, -0.05) is 0 Å². The average molecular weight is 335 g/mol. The number of alkyl halides is 3. The van der Waals surface area contributed by atoms with Crippen molar-refractivity contribution >= 4 is 18.3 Å². The van der Waals surface area contributed by atoms with Gasteiger partial charge in [0.15, 0.2) is 0 Å². The Kier molecular flexibility index (Phi) is 9.19. The smallest absolute Gasteiger partial charge is 0.384 e. The van der Waals surface area contributed by atoms with Crippen LogP contribution in [-0.4, -0.2) is 58.6 Å². The molecule has 1 heterocycles. The molecule has 2 N–H and O–H groups in total. The van der Waals surface area contributed by atoms with E-state index in [-0.39, 0.29) is 31.5 Å². The zero-order valence-electron chi connectivity index (χ0n) is 11.9. The minimum absolute atomic E-state index is 0. The summed E-state index contributed by atoms with van der Waals surface area (Å²) in [5.41, 5.74) is -0.593. The quantitative estimate of drug-likeness (QED) is 0.685.